The zero-order valence-corrected chi connectivity index (χ0v) is 10.7. The fraction of sp³-hybridized carbons (Fsp3) is 0.364. The average molecular weight is 288 g/mol. The number of rotatable bonds is 4. The Balaban J connectivity index is 2.61. The van der Waals surface area contributed by atoms with E-state index in [1.54, 1.807) is 19.1 Å². The fourth-order valence-corrected chi connectivity index (χ4v) is 1.63. The molecule has 0 saturated carbocycles. The molecule has 0 aliphatic rings. The molecule has 0 aliphatic heterocycles. The number of ether oxygens (including phenoxy) is 1. The number of carbonyl (C=O) groups excluding carboxylic acids is 1. The van der Waals surface area contributed by atoms with Crippen LogP contribution >= 0.6 is 15.9 Å². The molecule has 1 atom stereocenters. The lowest BCUT2D eigenvalue weighted by Crippen LogP contribution is -2.34. The third-order valence-corrected chi connectivity index (χ3v) is 2.86. The van der Waals surface area contributed by atoms with Crippen LogP contribution in [-0.2, 0) is 16.1 Å². The molecule has 88 valence electrons. The van der Waals surface area contributed by atoms with Gasteiger partial charge in [0.1, 0.15) is 11.8 Å². The Labute approximate surface area is 103 Å². The standard InChI is InChI=1S/C11H14BrNO3/c1-7(11(15)16-2)13-6-8-4-3-5-9(12)10(8)14/h3-5,7,13-14H,6H2,1-2H3. The van der Waals surface area contributed by atoms with E-state index in [0.717, 1.165) is 5.56 Å². The van der Waals surface area contributed by atoms with Gasteiger partial charge in [0, 0.05) is 12.1 Å². The number of benzene rings is 1. The number of esters is 1. The van der Waals surface area contributed by atoms with Crippen LogP contribution in [0.3, 0.4) is 0 Å². The van der Waals surface area contributed by atoms with Crippen LogP contribution < -0.4 is 5.32 Å². The predicted molar refractivity (Wildman–Crippen MR) is 64.1 cm³/mol. The third-order valence-electron chi connectivity index (χ3n) is 2.22. The van der Waals surface area contributed by atoms with E-state index in [9.17, 15) is 9.90 Å². The Hall–Kier alpha value is -1.07. The number of hydrogen-bond donors (Lipinski definition) is 2. The van der Waals surface area contributed by atoms with E-state index in [0.29, 0.717) is 11.0 Å². The van der Waals surface area contributed by atoms with Crippen molar-refractivity contribution < 1.29 is 14.6 Å². The molecule has 1 rings (SSSR count). The number of halogens is 1. The molecule has 0 heterocycles. The Morgan fingerprint density at radius 1 is 1.62 bits per heavy atom. The highest BCUT2D eigenvalue weighted by atomic mass is 79.9. The lowest BCUT2D eigenvalue weighted by atomic mass is 10.2. The minimum absolute atomic E-state index is 0.187. The van der Waals surface area contributed by atoms with Crippen molar-refractivity contribution in [3.05, 3.63) is 28.2 Å². The van der Waals surface area contributed by atoms with Crippen LogP contribution in [0.25, 0.3) is 0 Å². The number of aromatic hydroxyl groups is 1. The summed E-state index contributed by atoms with van der Waals surface area (Å²) in [6.45, 7) is 2.11. The number of carbonyl (C=O) groups is 1. The second-order valence-corrected chi connectivity index (χ2v) is 4.23. The minimum Gasteiger partial charge on any atom is -0.506 e. The van der Waals surface area contributed by atoms with Gasteiger partial charge in [0.05, 0.1) is 11.6 Å². The van der Waals surface area contributed by atoms with E-state index in [1.807, 2.05) is 6.07 Å². The molecule has 2 N–H and O–H groups in total. The first kappa shape index (κ1) is 13.0. The summed E-state index contributed by atoms with van der Waals surface area (Å²) < 4.78 is 5.22. The van der Waals surface area contributed by atoms with E-state index in [4.69, 9.17) is 0 Å². The van der Waals surface area contributed by atoms with Gasteiger partial charge in [0.2, 0.25) is 0 Å². The van der Waals surface area contributed by atoms with Crippen LogP contribution in [0.15, 0.2) is 22.7 Å². The molecule has 1 aromatic carbocycles. The maximum absolute atomic E-state index is 11.1. The second-order valence-electron chi connectivity index (χ2n) is 3.37. The molecule has 0 radical (unpaired) electrons. The molecule has 0 amide bonds. The van der Waals surface area contributed by atoms with Gasteiger partial charge in [-0.1, -0.05) is 12.1 Å². The number of methoxy groups -OCH3 is 1. The van der Waals surface area contributed by atoms with Crippen LogP contribution in [0, 0.1) is 0 Å². The summed E-state index contributed by atoms with van der Waals surface area (Å²) in [5.74, 6) is -0.137. The normalized spacial score (nSPS) is 12.2. The lowest BCUT2D eigenvalue weighted by Gasteiger charge is -2.12. The molecule has 0 bridgehead atoms. The van der Waals surface area contributed by atoms with Crippen LogP contribution in [0.2, 0.25) is 0 Å². The predicted octanol–water partition coefficient (Wildman–Crippen LogP) is 1.81. The van der Waals surface area contributed by atoms with Crippen molar-refractivity contribution in [2.24, 2.45) is 0 Å². The summed E-state index contributed by atoms with van der Waals surface area (Å²) in [6.07, 6.45) is 0. The summed E-state index contributed by atoms with van der Waals surface area (Å²) >= 11 is 3.23. The maximum Gasteiger partial charge on any atom is 0.322 e. The molecule has 0 fully saturated rings. The zero-order chi connectivity index (χ0) is 12.1. The van der Waals surface area contributed by atoms with Crippen LogP contribution in [0.1, 0.15) is 12.5 Å². The zero-order valence-electron chi connectivity index (χ0n) is 9.16. The van der Waals surface area contributed by atoms with Crippen molar-refractivity contribution in [1.29, 1.82) is 0 Å². The Kier molecular flexibility index (Phi) is 4.76. The average Bonchev–Trinajstić information content (AvgIpc) is 2.29. The van der Waals surface area contributed by atoms with Gasteiger partial charge in [0.15, 0.2) is 0 Å². The van der Waals surface area contributed by atoms with E-state index in [1.165, 1.54) is 7.11 Å². The molecule has 0 spiro atoms. The van der Waals surface area contributed by atoms with Crippen molar-refractivity contribution in [3.8, 4) is 5.75 Å². The van der Waals surface area contributed by atoms with Gasteiger partial charge in [-0.2, -0.15) is 0 Å². The van der Waals surface area contributed by atoms with Gasteiger partial charge >= 0.3 is 5.97 Å². The monoisotopic (exact) mass is 287 g/mol. The van der Waals surface area contributed by atoms with Gasteiger partial charge in [0.25, 0.3) is 0 Å². The first-order chi connectivity index (χ1) is 7.56. The molecular formula is C11H14BrNO3. The van der Waals surface area contributed by atoms with Gasteiger partial charge in [-0.25, -0.2) is 0 Å². The lowest BCUT2D eigenvalue weighted by molar-refractivity contribution is -0.142. The Morgan fingerprint density at radius 3 is 2.94 bits per heavy atom. The molecule has 4 nitrogen and oxygen atoms in total. The molecule has 16 heavy (non-hydrogen) atoms. The van der Waals surface area contributed by atoms with Gasteiger partial charge < -0.3 is 15.2 Å². The maximum atomic E-state index is 11.1. The molecular weight excluding hydrogens is 274 g/mol. The van der Waals surface area contributed by atoms with Crippen LogP contribution in [0.4, 0.5) is 0 Å². The largest absolute Gasteiger partial charge is 0.506 e. The molecule has 0 aliphatic carbocycles. The van der Waals surface area contributed by atoms with Gasteiger partial charge in [-0.3, -0.25) is 4.79 Å². The topological polar surface area (TPSA) is 58.6 Å². The summed E-state index contributed by atoms with van der Waals surface area (Å²) in [5.41, 5.74) is 0.727. The molecule has 5 heteroatoms. The smallest absolute Gasteiger partial charge is 0.322 e. The molecule has 1 unspecified atom stereocenters. The summed E-state index contributed by atoms with van der Waals surface area (Å²) in [6, 6.07) is 4.96. The summed E-state index contributed by atoms with van der Waals surface area (Å²) in [4.78, 5) is 11.1. The quantitative estimate of drug-likeness (QED) is 0.830. The van der Waals surface area contributed by atoms with Crippen LogP contribution in [-0.4, -0.2) is 24.2 Å². The number of para-hydroxylation sites is 1. The summed E-state index contributed by atoms with van der Waals surface area (Å²) in [7, 11) is 1.34. The molecule has 0 aromatic heterocycles. The van der Waals surface area contributed by atoms with E-state index >= 15 is 0 Å². The van der Waals surface area contributed by atoms with Crippen molar-refractivity contribution in [1.82, 2.24) is 5.32 Å². The number of hydrogen-bond acceptors (Lipinski definition) is 4. The van der Waals surface area contributed by atoms with Crippen molar-refractivity contribution in [2.45, 2.75) is 19.5 Å². The summed E-state index contributed by atoms with van der Waals surface area (Å²) in [5, 5.41) is 12.7. The van der Waals surface area contributed by atoms with Crippen LogP contribution in [0.5, 0.6) is 5.75 Å². The molecule has 0 saturated heterocycles. The second kappa shape index (κ2) is 5.86. The number of phenols is 1. The van der Waals surface area contributed by atoms with E-state index in [2.05, 4.69) is 26.0 Å². The highest BCUT2D eigenvalue weighted by molar-refractivity contribution is 9.10. The van der Waals surface area contributed by atoms with Crippen molar-refractivity contribution >= 4 is 21.9 Å². The van der Waals surface area contributed by atoms with E-state index < -0.39 is 6.04 Å². The molecule has 1 aromatic rings. The highest BCUT2D eigenvalue weighted by Gasteiger charge is 2.13. The van der Waals surface area contributed by atoms with E-state index in [-0.39, 0.29) is 11.7 Å². The number of phenolic OH excluding ortho intramolecular Hbond substituents is 1. The van der Waals surface area contributed by atoms with Gasteiger partial charge in [-0.05, 0) is 28.9 Å². The first-order valence-corrected chi connectivity index (χ1v) is 5.63. The highest BCUT2D eigenvalue weighted by Crippen LogP contribution is 2.27. The number of nitrogens with one attached hydrogen (secondary N) is 1. The Morgan fingerprint density at radius 2 is 2.31 bits per heavy atom. The third kappa shape index (κ3) is 3.21. The fourth-order valence-electron chi connectivity index (χ4n) is 1.23. The minimum atomic E-state index is -0.400. The van der Waals surface area contributed by atoms with Crippen molar-refractivity contribution in [2.75, 3.05) is 7.11 Å². The van der Waals surface area contributed by atoms with Gasteiger partial charge in [-0.15, -0.1) is 0 Å². The SMILES string of the molecule is COC(=O)C(C)NCc1cccc(Br)c1O. The Bertz CT molecular complexity index is 381. The van der Waals surface area contributed by atoms with Crippen molar-refractivity contribution in [3.63, 3.8) is 0 Å². The first-order valence-electron chi connectivity index (χ1n) is 4.83.